The minimum atomic E-state index is -0.321. The van der Waals surface area contributed by atoms with Crippen molar-refractivity contribution in [2.45, 2.75) is 13.2 Å². The number of oxime groups is 1. The summed E-state index contributed by atoms with van der Waals surface area (Å²) in [6.45, 7) is 0.154. The minimum absolute atomic E-state index is 0.0727. The lowest BCUT2D eigenvalue weighted by atomic mass is 10.1. The molecule has 10 heteroatoms. The number of carbonyl (C=O) groups excluding carboxylic acids is 2. The van der Waals surface area contributed by atoms with Gasteiger partial charge in [-0.25, -0.2) is 4.68 Å². The molecule has 2 amide bonds. The molecule has 3 heterocycles. The average Bonchev–Trinajstić information content (AvgIpc) is 3.39. The third kappa shape index (κ3) is 4.04. The van der Waals surface area contributed by atoms with Gasteiger partial charge in [0.05, 0.1) is 29.1 Å². The summed E-state index contributed by atoms with van der Waals surface area (Å²) in [4.78, 5) is 36.6. The van der Waals surface area contributed by atoms with E-state index in [-0.39, 0.29) is 25.0 Å². The summed E-state index contributed by atoms with van der Waals surface area (Å²) in [5, 5.41) is 15.8. The van der Waals surface area contributed by atoms with Crippen LogP contribution >= 0.6 is 0 Å². The summed E-state index contributed by atoms with van der Waals surface area (Å²) >= 11 is 0. The topological polar surface area (TPSA) is 115 Å². The molecule has 4 aromatic rings. The number of tetrazole rings is 1. The Kier molecular flexibility index (Phi) is 5.61. The van der Waals surface area contributed by atoms with Crippen molar-refractivity contribution < 1.29 is 14.4 Å². The van der Waals surface area contributed by atoms with Gasteiger partial charge >= 0.3 is 0 Å². The van der Waals surface area contributed by atoms with Crippen LogP contribution in [0.15, 0.2) is 78.0 Å². The molecule has 1 aliphatic heterocycles. The van der Waals surface area contributed by atoms with Crippen LogP contribution < -0.4 is 0 Å². The molecule has 2 aromatic carbocycles. The summed E-state index contributed by atoms with van der Waals surface area (Å²) in [6.07, 6.45) is 0. The first-order chi connectivity index (χ1) is 16.6. The van der Waals surface area contributed by atoms with Crippen molar-refractivity contribution in [2.24, 2.45) is 12.2 Å². The highest BCUT2D eigenvalue weighted by molar-refractivity contribution is 6.21. The maximum Gasteiger partial charge on any atom is 0.261 e. The van der Waals surface area contributed by atoms with E-state index in [1.807, 2.05) is 30.3 Å². The number of pyridine rings is 1. The fraction of sp³-hybridized carbons (Fsp3) is 0.125. The van der Waals surface area contributed by atoms with E-state index in [2.05, 4.69) is 25.7 Å². The molecular formula is C24H19N7O3. The number of amides is 2. The number of aromatic nitrogens is 5. The minimum Gasteiger partial charge on any atom is -0.389 e. The Hall–Kier alpha value is -4.73. The average molecular weight is 453 g/mol. The molecule has 0 bridgehead atoms. The molecule has 0 fully saturated rings. The lowest BCUT2D eigenvalue weighted by Crippen LogP contribution is -2.29. The molecule has 0 radical (unpaired) electrons. The van der Waals surface area contributed by atoms with E-state index in [9.17, 15) is 9.59 Å². The highest BCUT2D eigenvalue weighted by Crippen LogP contribution is 2.24. The van der Waals surface area contributed by atoms with Gasteiger partial charge in [-0.3, -0.25) is 19.5 Å². The number of carbonyl (C=O) groups is 2. The fourth-order valence-electron chi connectivity index (χ4n) is 3.65. The molecule has 0 atom stereocenters. The first-order valence-electron chi connectivity index (χ1n) is 10.5. The molecule has 0 N–H and O–H groups in total. The van der Waals surface area contributed by atoms with Crippen LogP contribution in [0.1, 0.15) is 43.5 Å². The van der Waals surface area contributed by atoms with Gasteiger partial charge in [0.25, 0.3) is 11.8 Å². The van der Waals surface area contributed by atoms with Crippen LogP contribution in [0.3, 0.4) is 0 Å². The van der Waals surface area contributed by atoms with Gasteiger partial charge < -0.3 is 4.84 Å². The number of imide groups is 1. The quantitative estimate of drug-likeness (QED) is 0.240. The smallest absolute Gasteiger partial charge is 0.261 e. The number of hydrogen-bond acceptors (Lipinski definition) is 8. The standard InChI is InChI=1S/C24H19N7O3/c1-30-22(26-28-29-30)21(16-8-3-2-4-9-16)27-34-15-18-11-7-10-17(25-18)14-31-23(32)19-12-5-6-13-20(19)24(31)33/h2-13H,14-15H2,1H3. The van der Waals surface area contributed by atoms with Crippen LogP contribution in [0, 0.1) is 0 Å². The van der Waals surface area contributed by atoms with Crippen LogP contribution in [0.2, 0.25) is 0 Å². The molecule has 5 rings (SSSR count). The number of hydrogen-bond donors (Lipinski definition) is 0. The zero-order valence-electron chi connectivity index (χ0n) is 18.2. The fourth-order valence-corrected chi connectivity index (χ4v) is 3.65. The molecule has 0 unspecified atom stereocenters. The number of rotatable bonds is 7. The molecule has 0 saturated heterocycles. The van der Waals surface area contributed by atoms with E-state index in [0.29, 0.717) is 34.1 Å². The highest BCUT2D eigenvalue weighted by Gasteiger charge is 2.35. The summed E-state index contributed by atoms with van der Waals surface area (Å²) in [5.74, 6) is -0.185. The van der Waals surface area contributed by atoms with Gasteiger partial charge in [0.2, 0.25) is 5.82 Å². The molecule has 34 heavy (non-hydrogen) atoms. The lowest BCUT2D eigenvalue weighted by Gasteiger charge is -2.13. The van der Waals surface area contributed by atoms with E-state index >= 15 is 0 Å². The summed E-state index contributed by atoms with van der Waals surface area (Å²) in [6, 6.07) is 21.6. The maximum absolute atomic E-state index is 12.6. The van der Waals surface area contributed by atoms with Gasteiger partial charge in [-0.2, -0.15) is 0 Å². The second kappa shape index (κ2) is 9.02. The number of benzene rings is 2. The second-order valence-corrected chi connectivity index (χ2v) is 7.57. The van der Waals surface area contributed by atoms with Gasteiger partial charge in [0.1, 0.15) is 0 Å². The zero-order valence-corrected chi connectivity index (χ0v) is 18.2. The van der Waals surface area contributed by atoms with Crippen molar-refractivity contribution in [3.63, 3.8) is 0 Å². The van der Waals surface area contributed by atoms with Crippen molar-refractivity contribution in [2.75, 3.05) is 0 Å². The van der Waals surface area contributed by atoms with Crippen molar-refractivity contribution in [3.05, 3.63) is 107 Å². The van der Waals surface area contributed by atoms with Gasteiger partial charge in [0.15, 0.2) is 12.3 Å². The summed E-state index contributed by atoms with van der Waals surface area (Å²) in [7, 11) is 1.72. The number of aryl methyl sites for hydroxylation is 1. The van der Waals surface area contributed by atoms with E-state index in [1.165, 1.54) is 9.58 Å². The van der Waals surface area contributed by atoms with Crippen LogP contribution in [-0.4, -0.2) is 47.6 Å². The lowest BCUT2D eigenvalue weighted by molar-refractivity contribution is 0.0640. The van der Waals surface area contributed by atoms with Crippen molar-refractivity contribution >= 4 is 17.5 Å². The third-order valence-electron chi connectivity index (χ3n) is 5.31. The summed E-state index contributed by atoms with van der Waals surface area (Å²) < 4.78 is 1.51. The van der Waals surface area contributed by atoms with Crippen molar-refractivity contribution in [3.8, 4) is 0 Å². The Balaban J connectivity index is 1.32. The van der Waals surface area contributed by atoms with E-state index in [0.717, 1.165) is 5.56 Å². The van der Waals surface area contributed by atoms with Gasteiger partial charge in [-0.1, -0.05) is 53.7 Å². The van der Waals surface area contributed by atoms with Gasteiger partial charge in [-0.15, -0.1) is 5.10 Å². The zero-order chi connectivity index (χ0) is 23.5. The van der Waals surface area contributed by atoms with Crippen LogP contribution in [0.25, 0.3) is 0 Å². The molecule has 168 valence electrons. The van der Waals surface area contributed by atoms with Gasteiger partial charge in [0, 0.05) is 12.6 Å². The number of fused-ring (bicyclic) bond motifs is 1. The highest BCUT2D eigenvalue weighted by atomic mass is 16.6. The first kappa shape index (κ1) is 21.1. The molecule has 10 nitrogen and oxygen atoms in total. The first-order valence-corrected chi connectivity index (χ1v) is 10.5. The van der Waals surface area contributed by atoms with E-state index in [1.54, 1.807) is 49.5 Å². The molecular weight excluding hydrogens is 434 g/mol. The Morgan fingerprint density at radius 1 is 0.882 bits per heavy atom. The predicted molar refractivity (Wildman–Crippen MR) is 121 cm³/mol. The Bertz CT molecular complexity index is 1360. The van der Waals surface area contributed by atoms with Crippen LogP contribution in [0.5, 0.6) is 0 Å². The maximum atomic E-state index is 12.6. The Labute approximate surface area is 194 Å². The normalized spacial score (nSPS) is 13.3. The second-order valence-electron chi connectivity index (χ2n) is 7.57. The number of nitrogens with zero attached hydrogens (tertiary/aromatic N) is 7. The Morgan fingerprint density at radius 3 is 2.24 bits per heavy atom. The van der Waals surface area contributed by atoms with Crippen molar-refractivity contribution in [1.82, 2.24) is 30.1 Å². The molecule has 2 aromatic heterocycles. The van der Waals surface area contributed by atoms with E-state index in [4.69, 9.17) is 4.84 Å². The largest absolute Gasteiger partial charge is 0.389 e. The molecule has 0 saturated carbocycles. The van der Waals surface area contributed by atoms with E-state index < -0.39 is 0 Å². The van der Waals surface area contributed by atoms with Gasteiger partial charge in [-0.05, 0) is 34.7 Å². The summed E-state index contributed by atoms with van der Waals surface area (Å²) in [5.41, 5.74) is 3.27. The SMILES string of the molecule is Cn1nnnc1C(=NOCc1cccc(CN2C(=O)c3ccccc3C2=O)n1)c1ccccc1. The molecule has 0 spiro atoms. The molecule has 1 aliphatic rings. The van der Waals surface area contributed by atoms with Crippen molar-refractivity contribution in [1.29, 1.82) is 0 Å². The monoisotopic (exact) mass is 453 g/mol. The molecule has 0 aliphatic carbocycles. The third-order valence-corrected chi connectivity index (χ3v) is 5.31. The Morgan fingerprint density at radius 2 is 1.56 bits per heavy atom. The van der Waals surface area contributed by atoms with Crippen LogP contribution in [0.4, 0.5) is 0 Å². The van der Waals surface area contributed by atoms with Crippen LogP contribution in [-0.2, 0) is 25.0 Å². The predicted octanol–water partition coefficient (Wildman–Crippen LogP) is 2.37.